The molecule has 0 aromatic heterocycles. The van der Waals surface area contributed by atoms with E-state index in [1.54, 1.807) is 12.1 Å². The third-order valence-electron chi connectivity index (χ3n) is 5.34. The molecule has 0 fully saturated rings. The molecule has 1 nitrogen and oxygen atoms in total. The van der Waals surface area contributed by atoms with Crippen LogP contribution in [-0.2, 0) is 6.42 Å². The molecular weight excluding hydrogens is 285 g/mol. The average molecular weight is 323 g/mol. The molecule has 0 N–H and O–H groups in total. The van der Waals surface area contributed by atoms with Gasteiger partial charge in [-0.05, 0) is 63.6 Å². The van der Waals surface area contributed by atoms with Crippen molar-refractivity contribution < 1.29 is 8.87 Å². The largest absolute Gasteiger partial charge is 0.324 e. The molecule has 23 heavy (non-hydrogen) atoms. The summed E-state index contributed by atoms with van der Waals surface area (Å²) >= 11 is 0. The highest BCUT2D eigenvalue weighted by atomic mass is 19.1. The van der Waals surface area contributed by atoms with E-state index in [9.17, 15) is 4.39 Å². The van der Waals surface area contributed by atoms with Gasteiger partial charge in [-0.2, -0.15) is 0 Å². The Morgan fingerprint density at radius 3 is 1.87 bits per heavy atom. The Hall–Kier alpha value is -0.890. The van der Waals surface area contributed by atoms with E-state index in [-0.39, 0.29) is 5.82 Å². The Morgan fingerprint density at radius 1 is 0.739 bits per heavy atom. The molecule has 0 saturated carbocycles. The first-order chi connectivity index (χ1) is 11.2. The minimum Gasteiger partial charge on any atom is -0.324 e. The van der Waals surface area contributed by atoms with Gasteiger partial charge in [-0.25, -0.2) is 4.39 Å². The summed E-state index contributed by atoms with van der Waals surface area (Å²) in [5.74, 6) is -0.135. The molecule has 0 aliphatic carbocycles. The van der Waals surface area contributed by atoms with Crippen LogP contribution in [0.4, 0.5) is 4.39 Å². The molecule has 0 aliphatic heterocycles. The van der Waals surface area contributed by atoms with E-state index in [2.05, 4.69) is 20.8 Å². The molecule has 0 amide bonds. The summed E-state index contributed by atoms with van der Waals surface area (Å²) in [5, 5.41) is 0. The van der Waals surface area contributed by atoms with Crippen LogP contribution in [0.15, 0.2) is 24.3 Å². The van der Waals surface area contributed by atoms with Gasteiger partial charge in [0, 0.05) is 0 Å². The summed E-state index contributed by atoms with van der Waals surface area (Å²) in [6, 6.07) is 6.99. The zero-order chi connectivity index (χ0) is 17.0. The second-order valence-electron chi connectivity index (χ2n) is 6.92. The Labute approximate surface area is 143 Å². The van der Waals surface area contributed by atoms with Crippen molar-refractivity contribution in [1.82, 2.24) is 0 Å². The molecule has 0 radical (unpaired) electrons. The van der Waals surface area contributed by atoms with Crippen LogP contribution in [0.3, 0.4) is 0 Å². The molecule has 2 heteroatoms. The fourth-order valence-corrected chi connectivity index (χ4v) is 3.45. The summed E-state index contributed by atoms with van der Waals surface area (Å²) in [5.41, 5.74) is 1.26. The molecule has 0 spiro atoms. The third-order valence-corrected chi connectivity index (χ3v) is 5.34. The average Bonchev–Trinajstić information content (AvgIpc) is 2.58. The zero-order valence-corrected chi connectivity index (χ0v) is 15.6. The van der Waals surface area contributed by atoms with Crippen molar-refractivity contribution in [3.05, 3.63) is 35.6 Å². The number of quaternary nitrogens is 1. The smallest absolute Gasteiger partial charge is 0.123 e. The van der Waals surface area contributed by atoms with Crippen LogP contribution in [0.25, 0.3) is 0 Å². The van der Waals surface area contributed by atoms with Crippen molar-refractivity contribution in [2.75, 3.05) is 26.2 Å². The fraction of sp³-hybridized carbons (Fsp3) is 0.714. The lowest BCUT2D eigenvalue weighted by Crippen LogP contribution is -2.49. The highest BCUT2D eigenvalue weighted by Gasteiger charge is 2.21. The van der Waals surface area contributed by atoms with Gasteiger partial charge in [0.1, 0.15) is 5.82 Å². The van der Waals surface area contributed by atoms with Crippen molar-refractivity contribution in [2.24, 2.45) is 0 Å². The lowest BCUT2D eigenvalue weighted by Gasteiger charge is -2.37. The van der Waals surface area contributed by atoms with E-state index in [0.717, 1.165) is 6.42 Å². The second-order valence-corrected chi connectivity index (χ2v) is 6.92. The van der Waals surface area contributed by atoms with Gasteiger partial charge in [-0.1, -0.05) is 38.3 Å². The number of hydrogen-bond acceptors (Lipinski definition) is 0. The van der Waals surface area contributed by atoms with Crippen molar-refractivity contribution in [3.8, 4) is 0 Å². The summed E-state index contributed by atoms with van der Waals surface area (Å²) in [4.78, 5) is 0. The lowest BCUT2D eigenvalue weighted by molar-refractivity contribution is -0.925. The molecule has 1 aromatic carbocycles. The molecule has 0 saturated heterocycles. The Bertz CT molecular complexity index is 395. The van der Waals surface area contributed by atoms with E-state index in [0.29, 0.717) is 0 Å². The number of unbranched alkanes of at least 4 members (excludes halogenated alkanes) is 5. The van der Waals surface area contributed by atoms with Gasteiger partial charge in [-0.15, -0.1) is 0 Å². The molecule has 132 valence electrons. The summed E-state index contributed by atoms with van der Waals surface area (Å²) in [7, 11) is 0. The Morgan fingerprint density at radius 2 is 1.30 bits per heavy atom. The van der Waals surface area contributed by atoms with E-state index in [1.165, 1.54) is 81.2 Å². The SMILES string of the molecule is CCCCCCC[N+](CC)(CC)CCCCc1ccc(F)cc1. The lowest BCUT2D eigenvalue weighted by atomic mass is 10.1. The summed E-state index contributed by atoms with van der Waals surface area (Å²) in [6.07, 6.45) is 10.4. The van der Waals surface area contributed by atoms with Crippen LogP contribution in [-0.4, -0.2) is 30.7 Å². The van der Waals surface area contributed by atoms with Gasteiger partial charge in [0.05, 0.1) is 26.2 Å². The number of benzene rings is 1. The van der Waals surface area contributed by atoms with Gasteiger partial charge in [0.15, 0.2) is 0 Å². The third kappa shape index (κ3) is 7.97. The maximum Gasteiger partial charge on any atom is 0.123 e. The molecule has 0 heterocycles. The van der Waals surface area contributed by atoms with Crippen molar-refractivity contribution in [1.29, 1.82) is 0 Å². The van der Waals surface area contributed by atoms with Crippen LogP contribution >= 0.6 is 0 Å². The van der Waals surface area contributed by atoms with Crippen molar-refractivity contribution in [2.45, 2.75) is 72.1 Å². The fourth-order valence-electron chi connectivity index (χ4n) is 3.45. The summed E-state index contributed by atoms with van der Waals surface area (Å²) in [6.45, 7) is 12.1. The highest BCUT2D eigenvalue weighted by Crippen LogP contribution is 2.15. The van der Waals surface area contributed by atoms with Crippen LogP contribution in [0, 0.1) is 5.82 Å². The maximum absolute atomic E-state index is 12.9. The second kappa shape index (κ2) is 11.6. The van der Waals surface area contributed by atoms with Gasteiger partial charge in [0.25, 0.3) is 0 Å². The van der Waals surface area contributed by atoms with Crippen LogP contribution in [0.1, 0.15) is 71.3 Å². The van der Waals surface area contributed by atoms with E-state index < -0.39 is 0 Å². The Balaban J connectivity index is 2.29. The standard InChI is InChI=1S/C21H37FN/c1-4-7-8-9-11-18-23(5-2,6-3)19-12-10-13-20-14-16-21(22)17-15-20/h14-17H,4-13,18-19H2,1-3H3/q+1. The van der Waals surface area contributed by atoms with Crippen LogP contribution in [0.5, 0.6) is 0 Å². The van der Waals surface area contributed by atoms with E-state index >= 15 is 0 Å². The van der Waals surface area contributed by atoms with Gasteiger partial charge in [-0.3, -0.25) is 0 Å². The minimum absolute atomic E-state index is 0.135. The number of nitrogens with zero attached hydrogens (tertiary/aromatic N) is 1. The van der Waals surface area contributed by atoms with Crippen LogP contribution in [0.2, 0.25) is 0 Å². The maximum atomic E-state index is 12.9. The predicted molar refractivity (Wildman–Crippen MR) is 99.2 cm³/mol. The topological polar surface area (TPSA) is 0 Å². The first-order valence-electron chi connectivity index (χ1n) is 9.75. The van der Waals surface area contributed by atoms with Gasteiger partial charge < -0.3 is 4.48 Å². The number of halogens is 1. The number of aryl methyl sites for hydroxylation is 1. The predicted octanol–water partition coefficient (Wildman–Crippen LogP) is 5.98. The molecule has 0 bridgehead atoms. The minimum atomic E-state index is -0.135. The van der Waals surface area contributed by atoms with Crippen LogP contribution < -0.4 is 0 Å². The van der Waals surface area contributed by atoms with E-state index in [4.69, 9.17) is 0 Å². The quantitative estimate of drug-likeness (QED) is 0.310. The number of rotatable bonds is 13. The van der Waals surface area contributed by atoms with Gasteiger partial charge >= 0.3 is 0 Å². The summed E-state index contributed by atoms with van der Waals surface area (Å²) < 4.78 is 14.2. The first-order valence-corrected chi connectivity index (χ1v) is 9.75. The monoisotopic (exact) mass is 322 g/mol. The Kier molecular flexibility index (Phi) is 10.2. The molecule has 0 aliphatic rings. The zero-order valence-electron chi connectivity index (χ0n) is 15.6. The molecular formula is C21H37FN+. The molecule has 0 atom stereocenters. The normalized spacial score (nSPS) is 11.8. The molecule has 0 unspecified atom stereocenters. The molecule has 1 rings (SSSR count). The van der Waals surface area contributed by atoms with E-state index in [1.807, 2.05) is 12.1 Å². The van der Waals surface area contributed by atoms with Crippen molar-refractivity contribution >= 4 is 0 Å². The number of hydrogen-bond donors (Lipinski definition) is 0. The molecule has 1 aromatic rings. The van der Waals surface area contributed by atoms with Crippen molar-refractivity contribution in [3.63, 3.8) is 0 Å². The van der Waals surface area contributed by atoms with Gasteiger partial charge in [0.2, 0.25) is 0 Å². The highest BCUT2D eigenvalue weighted by molar-refractivity contribution is 5.15. The first kappa shape index (κ1) is 20.2.